The molecule has 0 unspecified atom stereocenters. The van der Waals surface area contributed by atoms with E-state index in [9.17, 15) is 9.18 Å². The predicted molar refractivity (Wildman–Crippen MR) is 142 cm³/mol. The van der Waals surface area contributed by atoms with Crippen LogP contribution >= 0.6 is 11.3 Å². The molecule has 0 saturated heterocycles. The number of hydrogen-bond donors (Lipinski definition) is 1. The van der Waals surface area contributed by atoms with E-state index in [4.69, 9.17) is 24.1 Å². The molecule has 0 bridgehead atoms. The molecular weight excluding hydrogens is 495 g/mol. The summed E-state index contributed by atoms with van der Waals surface area (Å²) in [4.78, 5) is 23.9. The number of amides is 1. The van der Waals surface area contributed by atoms with E-state index in [0.717, 1.165) is 9.58 Å². The molecule has 1 aromatic carbocycles. The summed E-state index contributed by atoms with van der Waals surface area (Å²) in [7, 11) is -2.56. The van der Waals surface area contributed by atoms with Gasteiger partial charge in [-0.25, -0.2) is 9.18 Å². The average molecular weight is 528 g/mol. The monoisotopic (exact) mass is 527 g/mol. The van der Waals surface area contributed by atoms with Gasteiger partial charge in [0.2, 0.25) is 0 Å². The van der Waals surface area contributed by atoms with E-state index in [1.807, 2.05) is 18.2 Å². The molecule has 0 atom stereocenters. The normalized spacial score (nSPS) is 13.0. The van der Waals surface area contributed by atoms with Crippen LogP contribution in [0.25, 0.3) is 20.8 Å². The Hall–Kier alpha value is -3.76. The number of pyridine rings is 2. The van der Waals surface area contributed by atoms with Crippen molar-refractivity contribution in [2.75, 3.05) is 25.9 Å². The van der Waals surface area contributed by atoms with E-state index in [1.54, 1.807) is 45.3 Å². The highest BCUT2D eigenvalue weighted by molar-refractivity contribution is 7.22. The zero-order chi connectivity index (χ0) is 29.1. The number of carbonyl (C=O) groups is 1. The molecule has 0 fully saturated rings. The van der Waals surface area contributed by atoms with E-state index >= 15 is 0 Å². The molecule has 3 aromatic heterocycles. The van der Waals surface area contributed by atoms with Crippen molar-refractivity contribution in [3.8, 4) is 22.1 Å². The first-order valence-corrected chi connectivity index (χ1v) is 12.3. The average Bonchev–Trinajstić information content (AvgIpc) is 3.29. The fraction of sp³-hybridized carbons (Fsp3) is 0.296. The number of aromatic nitrogens is 2. The van der Waals surface area contributed by atoms with Gasteiger partial charge >= 0.3 is 6.09 Å². The lowest BCUT2D eigenvalue weighted by Gasteiger charge is -2.27. The van der Waals surface area contributed by atoms with Gasteiger partial charge in [-0.3, -0.25) is 9.97 Å². The Morgan fingerprint density at radius 3 is 2.70 bits per heavy atom. The summed E-state index contributed by atoms with van der Waals surface area (Å²) in [6.07, 6.45) is 2.63. The Morgan fingerprint density at radius 2 is 2.00 bits per heavy atom. The van der Waals surface area contributed by atoms with Gasteiger partial charge in [-0.2, -0.15) is 0 Å². The highest BCUT2D eigenvalue weighted by Gasteiger charge is 2.22. The SMILES string of the molecule is [2H]C([2H])([2H])OCCN(Cc1ccc(-c2cc3nccc(Oc4ccc(N)cc4F)c3s2)nc1)C(=O)OC(C)(C)C. The number of nitrogens with zero attached hydrogens (tertiary/aromatic N) is 3. The van der Waals surface area contributed by atoms with Gasteiger partial charge in [-0.05, 0) is 50.6 Å². The lowest BCUT2D eigenvalue weighted by atomic mass is 10.2. The second kappa shape index (κ2) is 11.1. The van der Waals surface area contributed by atoms with Crippen molar-refractivity contribution in [1.82, 2.24) is 14.9 Å². The van der Waals surface area contributed by atoms with E-state index < -0.39 is 24.5 Å². The van der Waals surface area contributed by atoms with Crippen LogP contribution in [0.1, 0.15) is 30.4 Å². The van der Waals surface area contributed by atoms with Crippen LogP contribution < -0.4 is 10.5 Å². The Kier molecular flexibility index (Phi) is 6.73. The molecule has 4 aromatic rings. The highest BCUT2D eigenvalue weighted by atomic mass is 32.1. The summed E-state index contributed by atoms with van der Waals surface area (Å²) >= 11 is 1.40. The number of benzene rings is 1. The molecule has 10 heteroatoms. The molecule has 0 spiro atoms. The number of carbonyl (C=O) groups excluding carboxylic acids is 1. The summed E-state index contributed by atoms with van der Waals surface area (Å²) in [5.74, 6) is -0.0591. The first kappa shape index (κ1) is 22.4. The number of nitrogen functional groups attached to an aromatic ring is 1. The fourth-order valence-electron chi connectivity index (χ4n) is 3.44. The van der Waals surface area contributed by atoms with Gasteiger partial charge in [0.1, 0.15) is 11.4 Å². The van der Waals surface area contributed by atoms with Crippen LogP contribution in [0.15, 0.2) is 54.9 Å². The van der Waals surface area contributed by atoms with Gasteiger partial charge in [0, 0.05) is 43.8 Å². The van der Waals surface area contributed by atoms with E-state index in [0.29, 0.717) is 28.2 Å². The van der Waals surface area contributed by atoms with Crippen molar-refractivity contribution in [2.45, 2.75) is 32.9 Å². The van der Waals surface area contributed by atoms with E-state index in [1.165, 1.54) is 28.4 Å². The van der Waals surface area contributed by atoms with Gasteiger partial charge in [-0.1, -0.05) is 6.07 Å². The Labute approximate surface area is 223 Å². The number of anilines is 1. The van der Waals surface area contributed by atoms with Crippen molar-refractivity contribution in [2.24, 2.45) is 0 Å². The summed E-state index contributed by atoms with van der Waals surface area (Å²) in [5.41, 5.74) is 7.27. The molecule has 194 valence electrons. The lowest BCUT2D eigenvalue weighted by Crippen LogP contribution is -2.38. The van der Waals surface area contributed by atoms with Gasteiger partial charge in [0.25, 0.3) is 0 Å². The number of thiophene rings is 1. The Balaban J connectivity index is 1.52. The molecule has 8 nitrogen and oxygen atoms in total. The molecule has 0 radical (unpaired) electrons. The van der Waals surface area contributed by atoms with Gasteiger partial charge < -0.3 is 24.8 Å². The quantitative estimate of drug-likeness (QED) is 0.270. The number of ether oxygens (including phenoxy) is 3. The van der Waals surface area contributed by atoms with Crippen LogP contribution in [-0.2, 0) is 16.0 Å². The van der Waals surface area contributed by atoms with Gasteiger partial charge in [0.05, 0.1) is 38.1 Å². The number of nitrogens with two attached hydrogens (primary N) is 1. The van der Waals surface area contributed by atoms with E-state index in [-0.39, 0.29) is 25.4 Å². The third-order valence-corrected chi connectivity index (χ3v) is 6.28. The summed E-state index contributed by atoms with van der Waals surface area (Å²) < 4.78 is 52.8. The molecule has 37 heavy (non-hydrogen) atoms. The van der Waals surface area contributed by atoms with E-state index in [2.05, 4.69) is 9.97 Å². The van der Waals surface area contributed by atoms with Crippen LogP contribution in [0.3, 0.4) is 0 Å². The number of halogens is 1. The standard InChI is InChI=1S/C27H29FN4O4S/c1-27(2,3)36-26(33)32(11-12-34-4)16-17-5-7-20(31-15-17)24-14-21-25(37-24)23(9-10-30-21)35-22-8-6-18(29)13-19(22)28/h5-10,13-15H,11-12,16,29H2,1-4H3/i4D3. The Bertz CT molecular complexity index is 1490. The predicted octanol–water partition coefficient (Wildman–Crippen LogP) is 6.26. The molecule has 2 N–H and O–H groups in total. The highest BCUT2D eigenvalue weighted by Crippen LogP contribution is 2.39. The zero-order valence-corrected chi connectivity index (χ0v) is 21.5. The second-order valence-corrected chi connectivity index (χ2v) is 10.3. The van der Waals surface area contributed by atoms with Crippen molar-refractivity contribution >= 4 is 33.3 Å². The maximum atomic E-state index is 14.3. The second-order valence-electron chi connectivity index (χ2n) is 9.23. The number of rotatable bonds is 8. The van der Waals surface area contributed by atoms with Crippen LogP contribution in [-0.4, -0.2) is 46.8 Å². The van der Waals surface area contributed by atoms with Crippen molar-refractivity contribution in [3.63, 3.8) is 0 Å². The summed E-state index contributed by atoms with van der Waals surface area (Å²) in [6, 6.07) is 11.4. The largest absolute Gasteiger partial charge is 0.453 e. The van der Waals surface area contributed by atoms with Gasteiger partial charge in [0.15, 0.2) is 11.6 Å². The Morgan fingerprint density at radius 1 is 1.16 bits per heavy atom. The lowest BCUT2D eigenvalue weighted by molar-refractivity contribution is 0.0184. The maximum Gasteiger partial charge on any atom is 0.410 e. The van der Waals surface area contributed by atoms with Gasteiger partial charge in [-0.15, -0.1) is 11.3 Å². The van der Waals surface area contributed by atoms with Crippen molar-refractivity contribution in [1.29, 1.82) is 0 Å². The van der Waals surface area contributed by atoms with Crippen LogP contribution in [0.2, 0.25) is 0 Å². The summed E-state index contributed by atoms with van der Waals surface area (Å²) in [6.45, 7) is 5.24. The molecule has 0 aliphatic rings. The van der Waals surface area contributed by atoms with Crippen LogP contribution in [0, 0.1) is 5.82 Å². The first-order valence-electron chi connectivity index (χ1n) is 13.0. The zero-order valence-electron chi connectivity index (χ0n) is 23.7. The fourth-order valence-corrected chi connectivity index (χ4v) is 4.48. The number of fused-ring (bicyclic) bond motifs is 1. The summed E-state index contributed by atoms with van der Waals surface area (Å²) in [5, 5.41) is 0. The smallest absolute Gasteiger partial charge is 0.410 e. The minimum Gasteiger partial charge on any atom is -0.453 e. The first-order chi connectivity index (χ1) is 18.8. The van der Waals surface area contributed by atoms with Crippen molar-refractivity contribution in [3.05, 3.63) is 66.2 Å². The number of methoxy groups -OCH3 is 1. The molecular formula is C27H29FN4O4S. The molecule has 0 aliphatic heterocycles. The molecule has 0 aliphatic carbocycles. The third kappa shape index (κ3) is 6.72. The van der Waals surface area contributed by atoms with Crippen LogP contribution in [0.5, 0.6) is 11.5 Å². The third-order valence-electron chi connectivity index (χ3n) is 5.12. The molecule has 4 rings (SSSR count). The van der Waals surface area contributed by atoms with Crippen molar-refractivity contribution < 1.29 is 27.5 Å². The molecule has 0 saturated carbocycles. The van der Waals surface area contributed by atoms with Crippen LogP contribution in [0.4, 0.5) is 14.9 Å². The minimum absolute atomic E-state index is 0.0222. The molecule has 1 amide bonds. The number of hydrogen-bond acceptors (Lipinski definition) is 8. The topological polar surface area (TPSA) is 99.8 Å². The minimum atomic E-state index is -2.56. The molecule has 3 heterocycles. The maximum absolute atomic E-state index is 14.3.